The van der Waals surface area contributed by atoms with Gasteiger partial charge < -0.3 is 10.3 Å². The Morgan fingerprint density at radius 2 is 1.89 bits per heavy atom. The van der Waals surface area contributed by atoms with E-state index < -0.39 is 0 Å². The molecule has 2 N–H and O–H groups in total. The van der Waals surface area contributed by atoms with Crippen molar-refractivity contribution in [1.29, 1.82) is 0 Å². The van der Waals surface area contributed by atoms with E-state index in [4.69, 9.17) is 11.6 Å². The van der Waals surface area contributed by atoms with Crippen molar-refractivity contribution in [3.8, 4) is 0 Å². The Hall–Kier alpha value is -2.07. The first kappa shape index (κ1) is 11.0. The van der Waals surface area contributed by atoms with Gasteiger partial charge >= 0.3 is 0 Å². The Bertz CT molecular complexity index is 688. The van der Waals surface area contributed by atoms with Crippen molar-refractivity contribution in [2.45, 2.75) is 6.92 Å². The number of hydrogen-bond acceptors (Lipinski definition) is 3. The van der Waals surface area contributed by atoms with Gasteiger partial charge in [-0.2, -0.15) is 0 Å². The molecule has 0 atom stereocenters. The maximum absolute atomic E-state index is 5.86. The second kappa shape index (κ2) is 4.31. The largest absolute Gasteiger partial charge is 0.346 e. The summed E-state index contributed by atoms with van der Waals surface area (Å²) >= 11 is 5.86. The lowest BCUT2D eigenvalue weighted by molar-refractivity contribution is 1.08. The first-order valence-electron chi connectivity index (χ1n) is 5.57. The Balaban J connectivity index is 2.03. The Kier molecular flexibility index (Phi) is 2.64. The fraction of sp³-hybridized carbons (Fsp3) is 0.0769. The topological polar surface area (TPSA) is 53.6 Å². The number of aromatic amines is 1. The quantitative estimate of drug-likeness (QED) is 0.737. The zero-order valence-electron chi connectivity index (χ0n) is 9.74. The summed E-state index contributed by atoms with van der Waals surface area (Å²) in [5.74, 6) is 1.52. The first-order chi connectivity index (χ1) is 8.72. The van der Waals surface area contributed by atoms with Crippen LogP contribution in [0.5, 0.6) is 0 Å². The van der Waals surface area contributed by atoms with Crippen molar-refractivity contribution in [3.63, 3.8) is 0 Å². The standard InChI is InChI=1S/C13H11ClN4/c1-8-16-12-11(6-7-15-12)13(17-8)18-10-4-2-9(14)3-5-10/h2-7H,1H3,(H2,15,16,17,18). The van der Waals surface area contributed by atoms with Crippen molar-refractivity contribution in [1.82, 2.24) is 15.0 Å². The molecule has 0 saturated carbocycles. The molecule has 0 bridgehead atoms. The highest BCUT2D eigenvalue weighted by Gasteiger charge is 2.06. The minimum absolute atomic E-state index is 0.714. The van der Waals surface area contributed by atoms with Crippen LogP contribution in [-0.2, 0) is 0 Å². The molecule has 0 aliphatic carbocycles. The van der Waals surface area contributed by atoms with E-state index in [-0.39, 0.29) is 0 Å². The third-order valence-corrected chi connectivity index (χ3v) is 2.89. The van der Waals surface area contributed by atoms with Crippen LogP contribution in [-0.4, -0.2) is 15.0 Å². The summed E-state index contributed by atoms with van der Waals surface area (Å²) in [6.07, 6.45) is 1.85. The predicted octanol–water partition coefficient (Wildman–Crippen LogP) is 3.66. The molecule has 0 radical (unpaired) electrons. The summed E-state index contributed by atoms with van der Waals surface area (Å²) in [5.41, 5.74) is 1.78. The minimum atomic E-state index is 0.714. The number of anilines is 2. The van der Waals surface area contributed by atoms with Gasteiger partial charge in [-0.05, 0) is 37.3 Å². The van der Waals surface area contributed by atoms with Gasteiger partial charge in [-0.15, -0.1) is 0 Å². The van der Waals surface area contributed by atoms with Crippen LogP contribution in [0.15, 0.2) is 36.5 Å². The fourth-order valence-electron chi connectivity index (χ4n) is 1.82. The number of nitrogens with zero attached hydrogens (tertiary/aromatic N) is 2. The van der Waals surface area contributed by atoms with Gasteiger partial charge in [0.1, 0.15) is 17.3 Å². The number of halogens is 1. The molecular weight excluding hydrogens is 248 g/mol. The Labute approximate surface area is 109 Å². The number of fused-ring (bicyclic) bond motifs is 1. The van der Waals surface area contributed by atoms with Crippen LogP contribution < -0.4 is 5.32 Å². The zero-order chi connectivity index (χ0) is 12.5. The van der Waals surface area contributed by atoms with Crippen molar-refractivity contribution in [2.75, 3.05) is 5.32 Å². The van der Waals surface area contributed by atoms with E-state index in [2.05, 4.69) is 20.3 Å². The van der Waals surface area contributed by atoms with Crippen molar-refractivity contribution < 1.29 is 0 Å². The summed E-state index contributed by atoms with van der Waals surface area (Å²) in [7, 11) is 0. The lowest BCUT2D eigenvalue weighted by Crippen LogP contribution is -1.97. The van der Waals surface area contributed by atoms with E-state index in [1.807, 2.05) is 43.5 Å². The first-order valence-corrected chi connectivity index (χ1v) is 5.94. The van der Waals surface area contributed by atoms with Gasteiger partial charge in [-0.25, -0.2) is 9.97 Å². The van der Waals surface area contributed by atoms with Crippen LogP contribution in [0.2, 0.25) is 5.02 Å². The molecule has 90 valence electrons. The molecular formula is C13H11ClN4. The van der Waals surface area contributed by atoms with Gasteiger partial charge in [0.25, 0.3) is 0 Å². The monoisotopic (exact) mass is 258 g/mol. The van der Waals surface area contributed by atoms with Crippen LogP contribution in [0.25, 0.3) is 11.0 Å². The summed E-state index contributed by atoms with van der Waals surface area (Å²) in [6.45, 7) is 1.87. The SMILES string of the molecule is Cc1nc(Nc2ccc(Cl)cc2)c2cc[nH]c2n1. The lowest BCUT2D eigenvalue weighted by Gasteiger charge is -2.07. The Morgan fingerprint density at radius 3 is 2.67 bits per heavy atom. The van der Waals surface area contributed by atoms with Gasteiger partial charge in [0.2, 0.25) is 0 Å². The second-order valence-corrected chi connectivity index (χ2v) is 4.43. The van der Waals surface area contributed by atoms with Crippen LogP contribution in [0.1, 0.15) is 5.82 Å². The molecule has 4 nitrogen and oxygen atoms in total. The van der Waals surface area contributed by atoms with Crippen molar-refractivity contribution in [3.05, 3.63) is 47.4 Å². The molecule has 2 aromatic heterocycles. The smallest absolute Gasteiger partial charge is 0.143 e. The minimum Gasteiger partial charge on any atom is -0.346 e. The molecule has 3 aromatic rings. The molecule has 0 aliphatic heterocycles. The molecule has 0 spiro atoms. The molecule has 0 amide bonds. The average Bonchev–Trinajstić information content (AvgIpc) is 2.80. The zero-order valence-corrected chi connectivity index (χ0v) is 10.5. The highest BCUT2D eigenvalue weighted by atomic mass is 35.5. The third-order valence-electron chi connectivity index (χ3n) is 2.63. The van der Waals surface area contributed by atoms with E-state index in [9.17, 15) is 0 Å². The van der Waals surface area contributed by atoms with Gasteiger partial charge in [-0.1, -0.05) is 11.6 Å². The van der Waals surface area contributed by atoms with E-state index in [1.54, 1.807) is 0 Å². The highest BCUT2D eigenvalue weighted by molar-refractivity contribution is 6.30. The summed E-state index contributed by atoms with van der Waals surface area (Å²) in [6, 6.07) is 9.46. The second-order valence-electron chi connectivity index (χ2n) is 3.99. The van der Waals surface area contributed by atoms with E-state index in [0.29, 0.717) is 5.02 Å². The van der Waals surface area contributed by atoms with Crippen LogP contribution >= 0.6 is 11.6 Å². The molecule has 18 heavy (non-hydrogen) atoms. The number of hydrogen-bond donors (Lipinski definition) is 2. The van der Waals surface area contributed by atoms with E-state index >= 15 is 0 Å². The molecule has 3 rings (SSSR count). The predicted molar refractivity (Wildman–Crippen MR) is 73.4 cm³/mol. The van der Waals surface area contributed by atoms with E-state index in [0.717, 1.165) is 28.4 Å². The molecule has 5 heteroatoms. The summed E-state index contributed by atoms with van der Waals surface area (Å²) < 4.78 is 0. The highest BCUT2D eigenvalue weighted by Crippen LogP contribution is 2.23. The van der Waals surface area contributed by atoms with Gasteiger partial charge in [0.15, 0.2) is 0 Å². The Morgan fingerprint density at radius 1 is 1.11 bits per heavy atom. The van der Waals surface area contributed by atoms with Crippen molar-refractivity contribution in [2.24, 2.45) is 0 Å². The van der Waals surface area contributed by atoms with Crippen molar-refractivity contribution >= 4 is 34.1 Å². The summed E-state index contributed by atoms with van der Waals surface area (Å²) in [4.78, 5) is 11.8. The number of H-pyrrole nitrogens is 1. The molecule has 2 heterocycles. The molecule has 0 fully saturated rings. The number of rotatable bonds is 2. The number of nitrogens with one attached hydrogen (secondary N) is 2. The molecule has 0 saturated heterocycles. The number of benzene rings is 1. The maximum atomic E-state index is 5.86. The number of aryl methyl sites for hydroxylation is 1. The third kappa shape index (κ3) is 2.02. The lowest BCUT2D eigenvalue weighted by atomic mass is 10.3. The van der Waals surface area contributed by atoms with Crippen LogP contribution in [0, 0.1) is 6.92 Å². The average molecular weight is 259 g/mol. The van der Waals surface area contributed by atoms with Gasteiger partial charge in [-0.3, -0.25) is 0 Å². The maximum Gasteiger partial charge on any atom is 0.143 e. The van der Waals surface area contributed by atoms with Gasteiger partial charge in [0, 0.05) is 16.9 Å². The fourth-order valence-corrected chi connectivity index (χ4v) is 1.94. The van der Waals surface area contributed by atoms with Crippen LogP contribution in [0.4, 0.5) is 11.5 Å². The van der Waals surface area contributed by atoms with Crippen LogP contribution in [0.3, 0.4) is 0 Å². The normalized spacial score (nSPS) is 10.8. The molecule has 0 unspecified atom stereocenters. The molecule has 0 aliphatic rings. The molecule has 1 aromatic carbocycles. The van der Waals surface area contributed by atoms with Gasteiger partial charge in [0.05, 0.1) is 5.39 Å². The number of aromatic nitrogens is 3. The summed E-state index contributed by atoms with van der Waals surface area (Å²) in [5, 5.41) is 4.95. The van der Waals surface area contributed by atoms with E-state index in [1.165, 1.54) is 0 Å².